The van der Waals surface area contributed by atoms with Crippen LogP contribution in [0.3, 0.4) is 0 Å². The second-order valence-corrected chi connectivity index (χ2v) is 4.85. The van der Waals surface area contributed by atoms with Gasteiger partial charge in [0.2, 0.25) is 0 Å². The van der Waals surface area contributed by atoms with E-state index < -0.39 is 15.4 Å². The first-order valence-corrected chi connectivity index (χ1v) is 5.47. The summed E-state index contributed by atoms with van der Waals surface area (Å²) in [6, 6.07) is 0.197. The topological polar surface area (TPSA) is 92.4 Å². The molecule has 0 aromatic heterocycles. The molecule has 0 atom stereocenters. The minimum Gasteiger partial charge on any atom is -0.285 e. The summed E-state index contributed by atoms with van der Waals surface area (Å²) in [6.07, 6.45) is 2.41. The fourth-order valence-electron chi connectivity index (χ4n) is 1.53. The molecule has 6 heteroatoms. The summed E-state index contributed by atoms with van der Waals surface area (Å²) in [7, 11) is -3.83. The van der Waals surface area contributed by atoms with Crippen LogP contribution in [0.2, 0.25) is 0 Å². The first-order valence-electron chi connectivity index (χ1n) is 3.96. The van der Waals surface area contributed by atoms with Gasteiger partial charge in [-0.15, -0.1) is 0 Å². The van der Waals surface area contributed by atoms with Crippen LogP contribution < -0.4 is 11.3 Å². The lowest BCUT2D eigenvalue weighted by Crippen LogP contribution is -2.40. The zero-order valence-corrected chi connectivity index (χ0v) is 7.55. The molecule has 0 aromatic carbocycles. The fourth-order valence-corrected chi connectivity index (χ4v) is 2.40. The summed E-state index contributed by atoms with van der Waals surface area (Å²) >= 11 is 0. The van der Waals surface area contributed by atoms with Crippen molar-refractivity contribution in [3.63, 3.8) is 0 Å². The van der Waals surface area contributed by atoms with Crippen LogP contribution in [0.15, 0.2) is 0 Å². The van der Waals surface area contributed by atoms with Crippen molar-refractivity contribution in [3.05, 3.63) is 0 Å². The molecule has 0 radical (unpaired) electrons. The SMILES string of the molecule is NNC1CCC(S(=O)(=O)O)CC1. The Bertz CT molecular complexity index is 231. The van der Waals surface area contributed by atoms with Crippen LogP contribution in [0.5, 0.6) is 0 Å². The summed E-state index contributed by atoms with van der Waals surface area (Å²) in [4.78, 5) is 0. The zero-order chi connectivity index (χ0) is 9.19. The molecule has 12 heavy (non-hydrogen) atoms. The van der Waals surface area contributed by atoms with Crippen LogP contribution in [0, 0.1) is 0 Å². The maximum Gasteiger partial charge on any atom is 0.267 e. The lowest BCUT2D eigenvalue weighted by molar-refractivity contribution is 0.361. The Labute approximate surface area is 72.0 Å². The normalized spacial score (nSPS) is 31.8. The van der Waals surface area contributed by atoms with E-state index in [9.17, 15) is 8.42 Å². The van der Waals surface area contributed by atoms with Gasteiger partial charge < -0.3 is 0 Å². The van der Waals surface area contributed by atoms with Crippen LogP contribution in [0.25, 0.3) is 0 Å². The minimum atomic E-state index is -3.83. The first kappa shape index (κ1) is 9.91. The molecule has 0 bridgehead atoms. The third-order valence-electron chi connectivity index (χ3n) is 2.33. The van der Waals surface area contributed by atoms with Crippen molar-refractivity contribution in [3.8, 4) is 0 Å². The Morgan fingerprint density at radius 1 is 1.25 bits per heavy atom. The monoisotopic (exact) mass is 194 g/mol. The molecule has 72 valence electrons. The molecule has 1 aliphatic rings. The predicted octanol–water partition coefficient (Wildman–Crippen LogP) is -0.351. The van der Waals surface area contributed by atoms with E-state index in [4.69, 9.17) is 10.4 Å². The fraction of sp³-hybridized carbons (Fsp3) is 1.00. The van der Waals surface area contributed by atoms with E-state index in [-0.39, 0.29) is 6.04 Å². The highest BCUT2D eigenvalue weighted by Gasteiger charge is 2.28. The number of rotatable bonds is 2. The Hall–Kier alpha value is -0.170. The summed E-state index contributed by atoms with van der Waals surface area (Å²) in [5.74, 6) is 5.20. The van der Waals surface area contributed by atoms with Crippen molar-refractivity contribution in [2.24, 2.45) is 5.84 Å². The van der Waals surface area contributed by atoms with E-state index in [1.54, 1.807) is 0 Å². The largest absolute Gasteiger partial charge is 0.285 e. The van der Waals surface area contributed by atoms with Gasteiger partial charge in [-0.3, -0.25) is 15.8 Å². The second-order valence-electron chi connectivity index (χ2n) is 3.16. The number of nitrogens with one attached hydrogen (secondary N) is 1. The third-order valence-corrected chi connectivity index (χ3v) is 3.65. The van der Waals surface area contributed by atoms with Crippen LogP contribution in [0.4, 0.5) is 0 Å². The quantitative estimate of drug-likeness (QED) is 0.317. The zero-order valence-electron chi connectivity index (χ0n) is 6.73. The first-order chi connectivity index (χ1) is 5.54. The Balaban J connectivity index is 2.47. The van der Waals surface area contributed by atoms with Crippen LogP contribution in [-0.2, 0) is 10.1 Å². The van der Waals surface area contributed by atoms with Gasteiger partial charge in [-0.1, -0.05) is 0 Å². The predicted molar refractivity (Wildman–Crippen MR) is 44.9 cm³/mol. The molecular weight excluding hydrogens is 180 g/mol. The van der Waals surface area contributed by atoms with E-state index >= 15 is 0 Å². The van der Waals surface area contributed by atoms with Crippen LogP contribution in [-0.4, -0.2) is 24.3 Å². The van der Waals surface area contributed by atoms with E-state index in [0.29, 0.717) is 25.7 Å². The molecule has 0 heterocycles. The van der Waals surface area contributed by atoms with Crippen molar-refractivity contribution in [1.82, 2.24) is 5.43 Å². The van der Waals surface area contributed by atoms with Crippen LogP contribution >= 0.6 is 0 Å². The van der Waals surface area contributed by atoms with Crippen molar-refractivity contribution < 1.29 is 13.0 Å². The lowest BCUT2D eigenvalue weighted by Gasteiger charge is -2.25. The van der Waals surface area contributed by atoms with Gasteiger partial charge in [-0.05, 0) is 25.7 Å². The van der Waals surface area contributed by atoms with Gasteiger partial charge in [0.25, 0.3) is 10.1 Å². The standard InChI is InChI=1S/C6H14N2O3S/c7-8-5-1-3-6(4-2-5)12(9,10)11/h5-6,8H,1-4,7H2,(H,9,10,11). The summed E-state index contributed by atoms with van der Waals surface area (Å²) in [5, 5.41) is -0.581. The van der Waals surface area contributed by atoms with Crippen molar-refractivity contribution in [2.75, 3.05) is 0 Å². The van der Waals surface area contributed by atoms with Crippen molar-refractivity contribution in [2.45, 2.75) is 37.0 Å². The lowest BCUT2D eigenvalue weighted by atomic mass is 9.96. The number of nitrogens with two attached hydrogens (primary N) is 1. The van der Waals surface area contributed by atoms with E-state index in [1.807, 2.05) is 0 Å². The molecule has 0 spiro atoms. The van der Waals surface area contributed by atoms with Crippen molar-refractivity contribution in [1.29, 1.82) is 0 Å². The highest BCUT2D eigenvalue weighted by Crippen LogP contribution is 2.22. The molecule has 1 aliphatic carbocycles. The van der Waals surface area contributed by atoms with Gasteiger partial charge >= 0.3 is 0 Å². The van der Waals surface area contributed by atoms with Gasteiger partial charge in [0.15, 0.2) is 0 Å². The van der Waals surface area contributed by atoms with Crippen LogP contribution in [0.1, 0.15) is 25.7 Å². The molecule has 0 saturated heterocycles. The number of hydrogen-bond donors (Lipinski definition) is 3. The van der Waals surface area contributed by atoms with Gasteiger partial charge in [-0.25, -0.2) is 0 Å². The molecule has 0 amide bonds. The molecule has 4 N–H and O–H groups in total. The maximum atomic E-state index is 10.7. The van der Waals surface area contributed by atoms with Gasteiger partial charge in [0.1, 0.15) is 0 Å². The maximum absolute atomic E-state index is 10.7. The molecule has 5 nitrogen and oxygen atoms in total. The molecule has 1 rings (SSSR count). The average Bonchev–Trinajstić information content (AvgIpc) is 2.03. The van der Waals surface area contributed by atoms with E-state index in [2.05, 4.69) is 5.43 Å². The summed E-state index contributed by atoms with van der Waals surface area (Å²) in [5.41, 5.74) is 2.60. The molecular formula is C6H14N2O3S. The molecule has 1 fully saturated rings. The van der Waals surface area contributed by atoms with E-state index in [0.717, 1.165) is 0 Å². The molecule has 0 unspecified atom stereocenters. The molecule has 0 aliphatic heterocycles. The summed E-state index contributed by atoms with van der Waals surface area (Å²) < 4.78 is 30.1. The average molecular weight is 194 g/mol. The number of hydrogen-bond acceptors (Lipinski definition) is 4. The van der Waals surface area contributed by atoms with Crippen molar-refractivity contribution >= 4 is 10.1 Å². The molecule has 1 saturated carbocycles. The minimum absolute atomic E-state index is 0.197. The highest BCUT2D eigenvalue weighted by molar-refractivity contribution is 7.86. The van der Waals surface area contributed by atoms with Gasteiger partial charge in [0.05, 0.1) is 5.25 Å². The summed E-state index contributed by atoms with van der Waals surface area (Å²) in [6.45, 7) is 0. The van der Waals surface area contributed by atoms with E-state index in [1.165, 1.54) is 0 Å². The van der Waals surface area contributed by atoms with Gasteiger partial charge in [-0.2, -0.15) is 8.42 Å². The molecule has 0 aromatic rings. The Morgan fingerprint density at radius 2 is 1.75 bits per heavy atom. The second kappa shape index (κ2) is 3.69. The number of hydrazine groups is 1. The van der Waals surface area contributed by atoms with Gasteiger partial charge in [0, 0.05) is 6.04 Å². The Kier molecular flexibility index (Phi) is 3.05. The Morgan fingerprint density at radius 3 is 2.08 bits per heavy atom. The smallest absolute Gasteiger partial charge is 0.267 e. The highest BCUT2D eigenvalue weighted by atomic mass is 32.2. The third kappa shape index (κ3) is 2.41.